The van der Waals surface area contributed by atoms with Crippen molar-refractivity contribution < 1.29 is 9.53 Å². The van der Waals surface area contributed by atoms with E-state index < -0.39 is 0 Å². The standard InChI is InChI=1S/C10H16N2O2/c1-14-10(13)12-7-3-5-9(8-12)4-2-6-11/h9H,2-5,7-8H2,1H3. The number of nitriles is 1. The third-order valence-electron chi connectivity index (χ3n) is 2.62. The number of hydrogen-bond donors (Lipinski definition) is 0. The number of piperidine rings is 1. The molecule has 1 atom stereocenters. The number of methoxy groups -OCH3 is 1. The zero-order valence-electron chi connectivity index (χ0n) is 8.53. The molecule has 0 aromatic heterocycles. The third-order valence-corrected chi connectivity index (χ3v) is 2.62. The summed E-state index contributed by atoms with van der Waals surface area (Å²) in [6.45, 7) is 1.53. The number of nitrogens with zero attached hydrogens (tertiary/aromatic N) is 2. The maximum atomic E-state index is 11.2. The summed E-state index contributed by atoms with van der Waals surface area (Å²) >= 11 is 0. The van der Waals surface area contributed by atoms with Crippen LogP contribution in [-0.2, 0) is 4.74 Å². The molecule has 14 heavy (non-hydrogen) atoms. The Hall–Kier alpha value is -1.24. The van der Waals surface area contributed by atoms with Crippen LogP contribution in [0.2, 0.25) is 0 Å². The number of hydrogen-bond acceptors (Lipinski definition) is 3. The topological polar surface area (TPSA) is 53.3 Å². The Bertz CT molecular complexity index is 235. The molecule has 4 heteroatoms. The van der Waals surface area contributed by atoms with Gasteiger partial charge in [0.25, 0.3) is 0 Å². The van der Waals surface area contributed by atoms with Gasteiger partial charge in [-0.25, -0.2) is 4.79 Å². The molecule has 4 nitrogen and oxygen atoms in total. The van der Waals surface area contributed by atoms with Crippen LogP contribution in [0.25, 0.3) is 0 Å². The fraction of sp³-hybridized carbons (Fsp3) is 0.800. The molecular weight excluding hydrogens is 180 g/mol. The van der Waals surface area contributed by atoms with Gasteiger partial charge in [0, 0.05) is 19.5 Å². The number of amides is 1. The molecule has 1 unspecified atom stereocenters. The molecule has 78 valence electrons. The molecule has 0 spiro atoms. The highest BCUT2D eigenvalue weighted by Gasteiger charge is 2.23. The summed E-state index contributed by atoms with van der Waals surface area (Å²) in [6, 6.07) is 2.14. The van der Waals surface area contributed by atoms with Crippen LogP contribution in [0.4, 0.5) is 4.79 Å². The molecule has 0 aromatic carbocycles. The van der Waals surface area contributed by atoms with E-state index in [0.717, 1.165) is 32.4 Å². The van der Waals surface area contributed by atoms with Crippen molar-refractivity contribution in [2.45, 2.75) is 25.7 Å². The summed E-state index contributed by atoms with van der Waals surface area (Å²) in [6.07, 6.45) is 3.37. The SMILES string of the molecule is COC(=O)N1CCCC(CCC#N)C1. The van der Waals surface area contributed by atoms with Crippen LogP contribution >= 0.6 is 0 Å². The smallest absolute Gasteiger partial charge is 0.409 e. The number of ether oxygens (including phenoxy) is 1. The van der Waals surface area contributed by atoms with Gasteiger partial charge in [-0.1, -0.05) is 0 Å². The van der Waals surface area contributed by atoms with E-state index in [1.807, 2.05) is 0 Å². The normalized spacial score (nSPS) is 21.4. The molecule has 0 aliphatic carbocycles. The summed E-state index contributed by atoms with van der Waals surface area (Å²) < 4.78 is 4.66. The van der Waals surface area contributed by atoms with E-state index in [1.54, 1.807) is 4.90 Å². The molecule has 1 saturated heterocycles. The van der Waals surface area contributed by atoms with Crippen LogP contribution in [0.1, 0.15) is 25.7 Å². The first-order chi connectivity index (χ1) is 6.77. The minimum Gasteiger partial charge on any atom is -0.453 e. The van der Waals surface area contributed by atoms with E-state index >= 15 is 0 Å². The maximum Gasteiger partial charge on any atom is 0.409 e. The van der Waals surface area contributed by atoms with Crippen molar-refractivity contribution in [3.63, 3.8) is 0 Å². The number of rotatable bonds is 2. The fourth-order valence-electron chi connectivity index (χ4n) is 1.86. The molecule has 1 amide bonds. The second-order valence-corrected chi connectivity index (χ2v) is 3.62. The molecule has 0 aromatic rings. The van der Waals surface area contributed by atoms with Gasteiger partial charge < -0.3 is 9.64 Å². The van der Waals surface area contributed by atoms with Gasteiger partial charge in [0.2, 0.25) is 0 Å². The summed E-state index contributed by atoms with van der Waals surface area (Å²) in [5, 5.41) is 8.46. The first kappa shape index (κ1) is 10.8. The maximum absolute atomic E-state index is 11.2. The molecule has 1 fully saturated rings. The predicted molar refractivity (Wildman–Crippen MR) is 51.5 cm³/mol. The lowest BCUT2D eigenvalue weighted by Gasteiger charge is -2.31. The highest BCUT2D eigenvalue weighted by Crippen LogP contribution is 2.20. The summed E-state index contributed by atoms with van der Waals surface area (Å²) in [5.41, 5.74) is 0. The summed E-state index contributed by atoms with van der Waals surface area (Å²) in [4.78, 5) is 13.0. The van der Waals surface area contributed by atoms with Crippen molar-refractivity contribution in [2.75, 3.05) is 20.2 Å². The molecule has 0 N–H and O–H groups in total. The van der Waals surface area contributed by atoms with Gasteiger partial charge in [-0.15, -0.1) is 0 Å². The summed E-state index contributed by atoms with van der Waals surface area (Å²) in [5.74, 6) is 0.475. The number of carbonyl (C=O) groups is 1. The van der Waals surface area contributed by atoms with Gasteiger partial charge in [0.05, 0.1) is 13.2 Å². The van der Waals surface area contributed by atoms with Crippen molar-refractivity contribution in [3.8, 4) is 6.07 Å². The van der Waals surface area contributed by atoms with Crippen LogP contribution in [0, 0.1) is 17.2 Å². The van der Waals surface area contributed by atoms with Gasteiger partial charge in [-0.05, 0) is 25.2 Å². The minimum absolute atomic E-state index is 0.244. The quantitative estimate of drug-likeness (QED) is 0.676. The van der Waals surface area contributed by atoms with Crippen molar-refractivity contribution in [1.29, 1.82) is 5.26 Å². The van der Waals surface area contributed by atoms with E-state index in [1.165, 1.54) is 7.11 Å². The van der Waals surface area contributed by atoms with Gasteiger partial charge in [0.15, 0.2) is 0 Å². The second-order valence-electron chi connectivity index (χ2n) is 3.62. The molecule has 0 saturated carbocycles. The highest BCUT2D eigenvalue weighted by molar-refractivity contribution is 5.67. The van der Waals surface area contributed by atoms with Crippen molar-refractivity contribution in [2.24, 2.45) is 5.92 Å². The molecule has 1 rings (SSSR count). The lowest BCUT2D eigenvalue weighted by molar-refractivity contribution is 0.101. The molecule has 0 radical (unpaired) electrons. The Morgan fingerprint density at radius 2 is 2.50 bits per heavy atom. The number of likely N-dealkylation sites (tertiary alicyclic amines) is 1. The van der Waals surface area contributed by atoms with E-state index in [0.29, 0.717) is 12.3 Å². The Labute approximate surface area is 84.4 Å². The lowest BCUT2D eigenvalue weighted by atomic mass is 9.94. The van der Waals surface area contributed by atoms with Crippen molar-refractivity contribution in [1.82, 2.24) is 4.90 Å². The van der Waals surface area contributed by atoms with Gasteiger partial charge in [-0.2, -0.15) is 5.26 Å². The first-order valence-corrected chi connectivity index (χ1v) is 4.97. The number of carbonyl (C=O) groups excluding carboxylic acids is 1. The van der Waals surface area contributed by atoms with Crippen molar-refractivity contribution in [3.05, 3.63) is 0 Å². The zero-order valence-corrected chi connectivity index (χ0v) is 8.53. The molecule has 1 aliphatic heterocycles. The van der Waals surface area contributed by atoms with E-state index in [-0.39, 0.29) is 6.09 Å². The van der Waals surface area contributed by atoms with Crippen molar-refractivity contribution >= 4 is 6.09 Å². The van der Waals surface area contributed by atoms with Gasteiger partial charge >= 0.3 is 6.09 Å². The van der Waals surface area contributed by atoms with Crippen LogP contribution < -0.4 is 0 Å². The average Bonchev–Trinajstić information content (AvgIpc) is 2.25. The largest absolute Gasteiger partial charge is 0.453 e. The second kappa shape index (κ2) is 5.48. The molecule has 1 aliphatic rings. The van der Waals surface area contributed by atoms with Gasteiger partial charge in [-0.3, -0.25) is 0 Å². The van der Waals surface area contributed by atoms with E-state index in [2.05, 4.69) is 10.8 Å². The minimum atomic E-state index is -0.244. The average molecular weight is 196 g/mol. The van der Waals surface area contributed by atoms with Crippen LogP contribution in [0.15, 0.2) is 0 Å². The van der Waals surface area contributed by atoms with E-state index in [9.17, 15) is 4.79 Å². The Balaban J connectivity index is 2.36. The van der Waals surface area contributed by atoms with E-state index in [4.69, 9.17) is 5.26 Å². The lowest BCUT2D eigenvalue weighted by Crippen LogP contribution is -2.39. The summed E-state index contributed by atoms with van der Waals surface area (Å²) in [7, 11) is 1.40. The highest BCUT2D eigenvalue weighted by atomic mass is 16.5. The van der Waals surface area contributed by atoms with Crippen LogP contribution in [-0.4, -0.2) is 31.2 Å². The van der Waals surface area contributed by atoms with Gasteiger partial charge in [0.1, 0.15) is 0 Å². The first-order valence-electron chi connectivity index (χ1n) is 4.97. The Kier molecular flexibility index (Phi) is 4.24. The molecule has 1 heterocycles. The zero-order chi connectivity index (χ0) is 10.4. The Morgan fingerprint density at radius 3 is 3.14 bits per heavy atom. The Morgan fingerprint density at radius 1 is 1.71 bits per heavy atom. The molecular formula is C10H16N2O2. The fourth-order valence-corrected chi connectivity index (χ4v) is 1.86. The third kappa shape index (κ3) is 2.91. The van der Waals surface area contributed by atoms with Crippen LogP contribution in [0.5, 0.6) is 0 Å². The van der Waals surface area contributed by atoms with Crippen LogP contribution in [0.3, 0.4) is 0 Å². The monoisotopic (exact) mass is 196 g/mol. The molecule has 0 bridgehead atoms. The predicted octanol–water partition coefficient (Wildman–Crippen LogP) is 1.77.